The third kappa shape index (κ3) is 2.20. The van der Waals surface area contributed by atoms with E-state index in [1.807, 2.05) is 0 Å². The molecule has 0 aliphatic carbocycles. The van der Waals surface area contributed by atoms with Crippen LogP contribution in [0.4, 0.5) is 0 Å². The Bertz CT molecular complexity index is 631. The molecule has 1 aliphatic rings. The van der Waals surface area contributed by atoms with Gasteiger partial charge in [0.2, 0.25) is 0 Å². The maximum atomic E-state index is 12.3. The molecule has 0 amide bonds. The summed E-state index contributed by atoms with van der Waals surface area (Å²) in [5, 5.41) is 8.98. The number of nitrogens with zero attached hydrogens (tertiary/aromatic N) is 1. The van der Waals surface area contributed by atoms with E-state index in [4.69, 9.17) is 5.11 Å². The van der Waals surface area contributed by atoms with E-state index in [1.54, 1.807) is 0 Å². The van der Waals surface area contributed by atoms with Gasteiger partial charge in [-0.1, -0.05) is 11.3 Å². The van der Waals surface area contributed by atoms with Crippen LogP contribution in [0.1, 0.15) is 5.69 Å². The highest BCUT2D eigenvalue weighted by molar-refractivity contribution is 8.01. The lowest BCUT2D eigenvalue weighted by atomic mass is 10.4. The quantitative estimate of drug-likeness (QED) is 0.807. The fourth-order valence-electron chi connectivity index (χ4n) is 1.60. The number of aromatic amines is 1. The van der Waals surface area contributed by atoms with Crippen LogP contribution in [0.25, 0.3) is 0 Å². The number of hydrogen-bond acceptors (Lipinski definition) is 6. The van der Waals surface area contributed by atoms with Crippen LogP contribution in [0.2, 0.25) is 0 Å². The van der Waals surface area contributed by atoms with Crippen molar-refractivity contribution >= 4 is 39.1 Å². The molecule has 1 fully saturated rings. The minimum absolute atomic E-state index is 0.0881. The van der Waals surface area contributed by atoms with Crippen LogP contribution in [0.15, 0.2) is 9.00 Å². The lowest BCUT2D eigenvalue weighted by Gasteiger charge is -2.19. The average molecular weight is 310 g/mol. The Balaban J connectivity index is 2.46. The number of carbonyl (C=O) groups is 1. The minimum Gasteiger partial charge on any atom is -0.480 e. The van der Waals surface area contributed by atoms with Crippen molar-refractivity contribution in [3.05, 3.63) is 15.4 Å². The van der Waals surface area contributed by atoms with Crippen LogP contribution >= 0.6 is 23.1 Å². The highest BCUT2D eigenvalue weighted by Crippen LogP contribution is 2.30. The van der Waals surface area contributed by atoms with Gasteiger partial charge in [-0.3, -0.25) is 9.59 Å². The first-order chi connectivity index (χ1) is 8.34. The van der Waals surface area contributed by atoms with Crippen LogP contribution in [0, 0.1) is 6.92 Å². The molecule has 1 aliphatic heterocycles. The maximum Gasteiger partial charge on any atom is 0.322 e. The van der Waals surface area contributed by atoms with Gasteiger partial charge in [0.25, 0.3) is 10.0 Å². The molecule has 1 aromatic heterocycles. The van der Waals surface area contributed by atoms with E-state index in [9.17, 15) is 18.0 Å². The average Bonchev–Trinajstić information content (AvgIpc) is 2.84. The fourth-order valence-corrected chi connectivity index (χ4v) is 6.15. The van der Waals surface area contributed by atoms with E-state index in [0.29, 0.717) is 11.3 Å². The highest BCUT2D eigenvalue weighted by atomic mass is 32.2. The number of aryl methyl sites for hydroxylation is 1. The molecular formula is C8H10N2O5S3. The molecule has 0 unspecified atom stereocenters. The third-order valence-electron chi connectivity index (χ3n) is 2.45. The second-order valence-corrected chi connectivity index (χ2v) is 7.74. The summed E-state index contributed by atoms with van der Waals surface area (Å²) in [4.78, 5) is 24.1. The van der Waals surface area contributed by atoms with Crippen molar-refractivity contribution in [2.24, 2.45) is 0 Å². The van der Waals surface area contributed by atoms with Gasteiger partial charge in [-0.25, -0.2) is 8.42 Å². The maximum absolute atomic E-state index is 12.3. The lowest BCUT2D eigenvalue weighted by Crippen LogP contribution is -2.41. The van der Waals surface area contributed by atoms with Crippen LogP contribution in [-0.2, 0) is 14.8 Å². The molecular weight excluding hydrogens is 300 g/mol. The highest BCUT2D eigenvalue weighted by Gasteiger charge is 2.41. The predicted octanol–water partition coefficient (Wildman–Crippen LogP) is -0.107. The molecule has 10 heteroatoms. The van der Waals surface area contributed by atoms with Gasteiger partial charge in [0, 0.05) is 11.4 Å². The number of thioether (sulfide) groups is 1. The molecule has 7 nitrogen and oxygen atoms in total. The number of sulfonamides is 1. The van der Waals surface area contributed by atoms with Crippen molar-refractivity contribution in [1.29, 1.82) is 0 Å². The summed E-state index contributed by atoms with van der Waals surface area (Å²) >= 11 is 1.81. The van der Waals surface area contributed by atoms with E-state index >= 15 is 0 Å². The summed E-state index contributed by atoms with van der Waals surface area (Å²) in [6.45, 7) is 1.48. The first-order valence-electron chi connectivity index (χ1n) is 4.86. The molecule has 1 saturated heterocycles. The Morgan fingerprint density at radius 1 is 1.56 bits per heavy atom. The van der Waals surface area contributed by atoms with Gasteiger partial charge in [-0.15, -0.1) is 11.8 Å². The Hall–Kier alpha value is -0.840. The lowest BCUT2D eigenvalue weighted by molar-refractivity contribution is -0.140. The standard InChI is InChI=1S/C8H10N2O5S3/c1-4-7(17-8(13)9-4)18(14,15)10-3-16-2-5(10)6(11)12/h5H,2-3H2,1H3,(H,9,13)(H,11,12)/t5-/m1/s1. The molecule has 1 aromatic rings. The molecule has 100 valence electrons. The number of aromatic nitrogens is 1. The van der Waals surface area contributed by atoms with Crippen LogP contribution < -0.4 is 4.87 Å². The summed E-state index contributed by atoms with van der Waals surface area (Å²) < 4.78 is 25.4. The number of nitrogens with one attached hydrogen (secondary N) is 1. The van der Waals surface area contributed by atoms with Gasteiger partial charge >= 0.3 is 10.8 Å². The molecule has 2 heterocycles. The van der Waals surface area contributed by atoms with Gasteiger partial charge in [-0.2, -0.15) is 4.31 Å². The van der Waals surface area contributed by atoms with Crippen molar-refractivity contribution in [2.45, 2.75) is 17.2 Å². The second-order valence-electron chi connectivity index (χ2n) is 3.67. The van der Waals surface area contributed by atoms with E-state index in [2.05, 4.69) is 4.98 Å². The second kappa shape index (κ2) is 4.68. The van der Waals surface area contributed by atoms with E-state index in [-0.39, 0.29) is 21.5 Å². The van der Waals surface area contributed by atoms with Crippen molar-refractivity contribution in [3.63, 3.8) is 0 Å². The van der Waals surface area contributed by atoms with Crippen LogP contribution in [0.3, 0.4) is 0 Å². The van der Waals surface area contributed by atoms with E-state index < -0.39 is 26.9 Å². The first-order valence-corrected chi connectivity index (χ1v) is 8.27. The largest absolute Gasteiger partial charge is 0.480 e. The molecule has 0 aromatic carbocycles. The summed E-state index contributed by atoms with van der Waals surface area (Å²) in [7, 11) is -3.92. The Labute approximate surface area is 111 Å². The van der Waals surface area contributed by atoms with Gasteiger partial charge in [0.05, 0.1) is 5.88 Å². The van der Waals surface area contributed by atoms with Crippen LogP contribution in [-0.4, -0.2) is 46.5 Å². The van der Waals surface area contributed by atoms with E-state index in [1.165, 1.54) is 18.7 Å². The van der Waals surface area contributed by atoms with Gasteiger partial charge < -0.3 is 10.1 Å². The number of aliphatic carboxylic acids is 1. The molecule has 1 atom stereocenters. The topological polar surface area (TPSA) is 108 Å². The number of carboxylic acid groups (broad SMARTS) is 1. The van der Waals surface area contributed by atoms with Crippen molar-refractivity contribution in [1.82, 2.24) is 9.29 Å². The third-order valence-corrected chi connectivity index (χ3v) is 7.06. The molecule has 18 heavy (non-hydrogen) atoms. The summed E-state index contributed by atoms with van der Waals surface area (Å²) in [5.74, 6) is -0.873. The Kier molecular flexibility index (Phi) is 3.54. The first kappa shape index (κ1) is 13.6. The Morgan fingerprint density at radius 2 is 2.22 bits per heavy atom. The molecule has 0 bridgehead atoms. The van der Waals surface area contributed by atoms with Crippen molar-refractivity contribution in [2.75, 3.05) is 11.6 Å². The number of H-pyrrole nitrogens is 1. The number of carboxylic acids is 1. The van der Waals surface area contributed by atoms with Crippen LogP contribution in [0.5, 0.6) is 0 Å². The molecule has 2 rings (SSSR count). The summed E-state index contributed by atoms with van der Waals surface area (Å²) in [5.41, 5.74) is 0.242. The normalized spacial score (nSPS) is 21.3. The van der Waals surface area contributed by atoms with Crippen molar-refractivity contribution < 1.29 is 18.3 Å². The van der Waals surface area contributed by atoms with E-state index in [0.717, 1.165) is 4.31 Å². The molecule has 0 spiro atoms. The smallest absolute Gasteiger partial charge is 0.322 e. The summed E-state index contributed by atoms with van der Waals surface area (Å²) in [6, 6.07) is -1.07. The SMILES string of the molecule is Cc1[nH]c(=O)sc1S(=O)(=O)N1CSC[C@@H]1C(=O)O. The zero-order valence-electron chi connectivity index (χ0n) is 9.24. The summed E-state index contributed by atoms with van der Waals surface area (Å²) in [6.07, 6.45) is 0. The number of thiazole rings is 1. The van der Waals surface area contributed by atoms with Gasteiger partial charge in [-0.05, 0) is 6.92 Å². The molecule has 0 radical (unpaired) electrons. The van der Waals surface area contributed by atoms with Gasteiger partial charge in [0.1, 0.15) is 6.04 Å². The van der Waals surface area contributed by atoms with Crippen molar-refractivity contribution in [3.8, 4) is 0 Å². The molecule has 2 N–H and O–H groups in total. The monoisotopic (exact) mass is 310 g/mol. The Morgan fingerprint density at radius 3 is 2.72 bits per heavy atom. The number of hydrogen-bond donors (Lipinski definition) is 2. The fraction of sp³-hybridized carbons (Fsp3) is 0.500. The van der Waals surface area contributed by atoms with Gasteiger partial charge in [0.15, 0.2) is 4.21 Å². The zero-order valence-corrected chi connectivity index (χ0v) is 11.7. The zero-order chi connectivity index (χ0) is 13.5. The predicted molar refractivity (Wildman–Crippen MR) is 67.5 cm³/mol. The molecule has 0 saturated carbocycles. The minimum atomic E-state index is -3.92. The number of rotatable bonds is 3.